The van der Waals surface area contributed by atoms with Crippen molar-refractivity contribution >= 4 is 5.97 Å². The lowest BCUT2D eigenvalue weighted by molar-refractivity contribution is 0.0525. The number of esters is 1. The van der Waals surface area contributed by atoms with E-state index in [0.29, 0.717) is 18.1 Å². The smallest absolute Gasteiger partial charge is 0.338 e. The number of carbonyl (C=O) groups is 1. The zero-order valence-corrected chi connectivity index (χ0v) is 9.93. The molecule has 2 nitrogen and oxygen atoms in total. The molecule has 0 atom stereocenters. The lowest BCUT2D eigenvalue weighted by Crippen LogP contribution is -2.09. The largest absolute Gasteiger partial charge is 0.462 e. The van der Waals surface area contributed by atoms with E-state index in [9.17, 15) is 4.79 Å². The van der Waals surface area contributed by atoms with Gasteiger partial charge in [-0.2, -0.15) is 0 Å². The molecule has 1 aliphatic carbocycles. The lowest BCUT2D eigenvalue weighted by Gasteiger charge is -2.10. The summed E-state index contributed by atoms with van der Waals surface area (Å²) in [4.78, 5) is 11.8. The molecule has 0 N–H and O–H groups in total. The molecule has 2 heteroatoms. The number of hydrogen-bond donors (Lipinski definition) is 0. The molecule has 0 saturated heterocycles. The van der Waals surface area contributed by atoms with E-state index < -0.39 is 0 Å². The SMILES string of the molecule is CCOC(=O)c1ccccc1CC1C=CC=C1. The third-order valence-electron chi connectivity index (χ3n) is 2.80. The summed E-state index contributed by atoms with van der Waals surface area (Å²) < 4.78 is 5.06. The van der Waals surface area contributed by atoms with Crippen LogP contribution in [0.25, 0.3) is 0 Å². The molecule has 0 aliphatic heterocycles. The number of allylic oxidation sites excluding steroid dienone is 4. The minimum absolute atomic E-state index is 0.228. The Kier molecular flexibility index (Phi) is 3.76. The highest BCUT2D eigenvalue weighted by atomic mass is 16.5. The van der Waals surface area contributed by atoms with E-state index in [1.54, 1.807) is 0 Å². The summed E-state index contributed by atoms with van der Waals surface area (Å²) in [5.74, 6) is 0.166. The molecular formula is C15H16O2. The van der Waals surface area contributed by atoms with Gasteiger partial charge in [-0.15, -0.1) is 0 Å². The van der Waals surface area contributed by atoms with Crippen LogP contribution < -0.4 is 0 Å². The summed E-state index contributed by atoms with van der Waals surface area (Å²) in [7, 11) is 0. The zero-order chi connectivity index (χ0) is 12.1. The van der Waals surface area contributed by atoms with E-state index in [4.69, 9.17) is 4.74 Å². The van der Waals surface area contributed by atoms with Gasteiger partial charge in [-0.1, -0.05) is 42.5 Å². The van der Waals surface area contributed by atoms with E-state index in [1.807, 2.05) is 43.3 Å². The molecule has 0 bridgehead atoms. The maximum atomic E-state index is 11.8. The van der Waals surface area contributed by atoms with E-state index in [1.165, 1.54) is 0 Å². The zero-order valence-electron chi connectivity index (χ0n) is 9.93. The predicted octanol–water partition coefficient (Wildman–Crippen LogP) is 3.15. The van der Waals surface area contributed by atoms with Crippen molar-refractivity contribution in [2.45, 2.75) is 13.3 Å². The molecule has 0 fully saturated rings. The first-order chi connectivity index (χ1) is 8.31. The first-order valence-electron chi connectivity index (χ1n) is 5.91. The highest BCUT2D eigenvalue weighted by Gasteiger charge is 2.14. The lowest BCUT2D eigenvalue weighted by atomic mass is 9.96. The van der Waals surface area contributed by atoms with Gasteiger partial charge >= 0.3 is 5.97 Å². The Bertz CT molecular complexity index is 446. The maximum Gasteiger partial charge on any atom is 0.338 e. The van der Waals surface area contributed by atoms with Crippen LogP contribution in [0.5, 0.6) is 0 Å². The Morgan fingerprint density at radius 1 is 1.24 bits per heavy atom. The molecule has 17 heavy (non-hydrogen) atoms. The quantitative estimate of drug-likeness (QED) is 0.740. The third-order valence-corrected chi connectivity index (χ3v) is 2.80. The summed E-state index contributed by atoms with van der Waals surface area (Å²) in [6, 6.07) is 7.65. The van der Waals surface area contributed by atoms with Crippen molar-refractivity contribution < 1.29 is 9.53 Å². The van der Waals surface area contributed by atoms with Crippen molar-refractivity contribution in [2.75, 3.05) is 6.61 Å². The van der Waals surface area contributed by atoms with Crippen LogP contribution in [0, 0.1) is 5.92 Å². The van der Waals surface area contributed by atoms with Gasteiger partial charge in [0, 0.05) is 0 Å². The van der Waals surface area contributed by atoms with Crippen LogP contribution in [0.2, 0.25) is 0 Å². The van der Waals surface area contributed by atoms with Crippen molar-refractivity contribution in [3.05, 3.63) is 59.7 Å². The fourth-order valence-corrected chi connectivity index (χ4v) is 1.97. The van der Waals surface area contributed by atoms with Gasteiger partial charge < -0.3 is 4.74 Å². The molecule has 1 aromatic rings. The van der Waals surface area contributed by atoms with Gasteiger partial charge in [-0.25, -0.2) is 4.79 Å². The number of hydrogen-bond acceptors (Lipinski definition) is 2. The Morgan fingerprint density at radius 2 is 1.94 bits per heavy atom. The second-order valence-corrected chi connectivity index (χ2v) is 4.02. The number of ether oxygens (including phenoxy) is 1. The van der Waals surface area contributed by atoms with Crippen molar-refractivity contribution in [3.63, 3.8) is 0 Å². The minimum Gasteiger partial charge on any atom is -0.462 e. The van der Waals surface area contributed by atoms with Crippen molar-refractivity contribution in [1.82, 2.24) is 0 Å². The first kappa shape index (κ1) is 11.6. The molecule has 0 heterocycles. The van der Waals surface area contributed by atoms with Gasteiger partial charge in [-0.05, 0) is 30.9 Å². The van der Waals surface area contributed by atoms with Gasteiger partial charge in [0.05, 0.1) is 12.2 Å². The van der Waals surface area contributed by atoms with Crippen LogP contribution in [0.15, 0.2) is 48.6 Å². The highest BCUT2D eigenvalue weighted by Crippen LogP contribution is 2.19. The number of rotatable bonds is 4. The summed E-state index contributed by atoms with van der Waals surface area (Å²) >= 11 is 0. The second-order valence-electron chi connectivity index (χ2n) is 4.02. The molecule has 0 saturated carbocycles. The molecule has 0 radical (unpaired) electrons. The topological polar surface area (TPSA) is 26.3 Å². The Morgan fingerprint density at radius 3 is 2.65 bits per heavy atom. The molecule has 2 rings (SSSR count). The van der Waals surface area contributed by atoms with E-state index in [0.717, 1.165) is 12.0 Å². The van der Waals surface area contributed by atoms with Gasteiger partial charge in [0.25, 0.3) is 0 Å². The monoisotopic (exact) mass is 228 g/mol. The number of carbonyl (C=O) groups excluding carboxylic acids is 1. The van der Waals surface area contributed by atoms with Crippen LogP contribution in [0.3, 0.4) is 0 Å². The van der Waals surface area contributed by atoms with Crippen molar-refractivity contribution in [3.8, 4) is 0 Å². The van der Waals surface area contributed by atoms with Gasteiger partial charge in [0.2, 0.25) is 0 Å². The predicted molar refractivity (Wildman–Crippen MR) is 67.9 cm³/mol. The Labute approximate surface area is 102 Å². The molecular weight excluding hydrogens is 212 g/mol. The van der Waals surface area contributed by atoms with Gasteiger partial charge in [0.15, 0.2) is 0 Å². The van der Waals surface area contributed by atoms with Crippen LogP contribution in [0.1, 0.15) is 22.8 Å². The van der Waals surface area contributed by atoms with E-state index >= 15 is 0 Å². The average Bonchev–Trinajstić information content (AvgIpc) is 2.83. The van der Waals surface area contributed by atoms with Crippen molar-refractivity contribution in [2.24, 2.45) is 5.92 Å². The molecule has 0 unspecified atom stereocenters. The molecule has 0 aromatic heterocycles. The molecule has 88 valence electrons. The van der Waals surface area contributed by atoms with Gasteiger partial charge in [0.1, 0.15) is 0 Å². The Balaban J connectivity index is 2.18. The summed E-state index contributed by atoms with van der Waals surface area (Å²) in [5.41, 5.74) is 1.73. The van der Waals surface area contributed by atoms with E-state index in [2.05, 4.69) is 12.2 Å². The first-order valence-corrected chi connectivity index (χ1v) is 5.91. The minimum atomic E-state index is -0.228. The maximum absolute atomic E-state index is 11.8. The molecule has 1 aliphatic rings. The summed E-state index contributed by atoms with van der Waals surface area (Å²) in [6.45, 7) is 2.24. The van der Waals surface area contributed by atoms with Crippen molar-refractivity contribution in [1.29, 1.82) is 0 Å². The molecule has 1 aromatic carbocycles. The molecule has 0 spiro atoms. The summed E-state index contributed by atoms with van der Waals surface area (Å²) in [5, 5.41) is 0. The number of benzene rings is 1. The van der Waals surface area contributed by atoms with Gasteiger partial charge in [-0.3, -0.25) is 0 Å². The third kappa shape index (κ3) is 2.84. The molecule has 0 amide bonds. The van der Waals surface area contributed by atoms with Crippen LogP contribution in [-0.2, 0) is 11.2 Å². The average molecular weight is 228 g/mol. The fourth-order valence-electron chi connectivity index (χ4n) is 1.97. The second kappa shape index (κ2) is 5.48. The normalized spacial score (nSPS) is 14.2. The highest BCUT2D eigenvalue weighted by molar-refractivity contribution is 5.91. The standard InChI is InChI=1S/C15H16O2/c1-2-17-15(16)14-10-6-5-9-13(14)11-12-7-3-4-8-12/h3-10,12H,2,11H2,1H3. The Hall–Kier alpha value is -1.83. The fraction of sp³-hybridized carbons (Fsp3) is 0.267. The van der Waals surface area contributed by atoms with Crippen LogP contribution >= 0.6 is 0 Å². The van der Waals surface area contributed by atoms with Crippen LogP contribution in [-0.4, -0.2) is 12.6 Å². The van der Waals surface area contributed by atoms with Crippen LogP contribution in [0.4, 0.5) is 0 Å². The van der Waals surface area contributed by atoms with E-state index in [-0.39, 0.29) is 5.97 Å². The summed E-state index contributed by atoms with van der Waals surface area (Å²) in [6.07, 6.45) is 9.21.